The lowest BCUT2D eigenvalue weighted by Crippen LogP contribution is -2.17. The number of hydrogen-bond donors (Lipinski definition) is 2. The molecule has 0 bridgehead atoms. The van der Waals surface area contributed by atoms with E-state index in [-0.39, 0.29) is 10.5 Å². The average molecular weight is 351 g/mol. The van der Waals surface area contributed by atoms with Crippen LogP contribution in [0.3, 0.4) is 0 Å². The number of aromatic carboxylic acids is 1. The van der Waals surface area contributed by atoms with E-state index in [1.807, 2.05) is 37.3 Å². The molecule has 7 heteroatoms. The van der Waals surface area contributed by atoms with Gasteiger partial charge in [-0.05, 0) is 35.4 Å². The normalized spacial score (nSPS) is 11.4. The fourth-order valence-electron chi connectivity index (χ4n) is 2.26. The second kappa shape index (κ2) is 7.16. The SMILES string of the molecule is CCSc1cc(C(=O)O)cc(S(N)(=O)=O)c1Cc1ccccc1. The van der Waals surface area contributed by atoms with Crippen molar-refractivity contribution in [3.8, 4) is 0 Å². The van der Waals surface area contributed by atoms with E-state index in [1.54, 1.807) is 0 Å². The van der Waals surface area contributed by atoms with Crippen molar-refractivity contribution in [2.24, 2.45) is 5.14 Å². The van der Waals surface area contributed by atoms with Crippen LogP contribution in [-0.4, -0.2) is 25.2 Å². The van der Waals surface area contributed by atoms with Gasteiger partial charge in [0.25, 0.3) is 0 Å². The van der Waals surface area contributed by atoms with Gasteiger partial charge >= 0.3 is 5.97 Å². The monoisotopic (exact) mass is 351 g/mol. The summed E-state index contributed by atoms with van der Waals surface area (Å²) in [6, 6.07) is 12.0. The van der Waals surface area contributed by atoms with Crippen molar-refractivity contribution in [1.29, 1.82) is 0 Å². The minimum atomic E-state index is -4.03. The molecule has 5 nitrogen and oxygen atoms in total. The Morgan fingerprint density at radius 1 is 1.22 bits per heavy atom. The van der Waals surface area contributed by atoms with Crippen LogP contribution in [0.15, 0.2) is 52.3 Å². The highest BCUT2D eigenvalue weighted by atomic mass is 32.2. The van der Waals surface area contributed by atoms with Gasteiger partial charge in [-0.25, -0.2) is 18.4 Å². The molecule has 0 radical (unpaired) electrons. The largest absolute Gasteiger partial charge is 0.478 e. The summed E-state index contributed by atoms with van der Waals surface area (Å²) in [4.78, 5) is 11.8. The Labute approximate surface area is 139 Å². The van der Waals surface area contributed by atoms with Gasteiger partial charge in [0.1, 0.15) is 0 Å². The molecule has 2 rings (SSSR count). The molecule has 0 saturated heterocycles. The first-order chi connectivity index (χ1) is 10.8. The predicted molar refractivity (Wildman–Crippen MR) is 90.4 cm³/mol. The van der Waals surface area contributed by atoms with Crippen LogP contribution in [0.4, 0.5) is 0 Å². The molecule has 0 saturated carbocycles. The van der Waals surface area contributed by atoms with Gasteiger partial charge < -0.3 is 5.11 Å². The van der Waals surface area contributed by atoms with Gasteiger partial charge in [-0.3, -0.25) is 0 Å². The smallest absolute Gasteiger partial charge is 0.335 e. The lowest BCUT2D eigenvalue weighted by atomic mass is 10.0. The van der Waals surface area contributed by atoms with E-state index in [9.17, 15) is 18.3 Å². The van der Waals surface area contributed by atoms with Crippen molar-refractivity contribution < 1.29 is 18.3 Å². The number of carbonyl (C=O) groups is 1. The third kappa shape index (κ3) is 4.34. The summed E-state index contributed by atoms with van der Waals surface area (Å²) in [6.07, 6.45) is 0.370. The first-order valence-corrected chi connectivity index (χ1v) is 9.46. The Hall–Kier alpha value is -1.83. The van der Waals surface area contributed by atoms with Crippen molar-refractivity contribution >= 4 is 27.8 Å². The van der Waals surface area contributed by atoms with E-state index in [0.717, 1.165) is 11.6 Å². The first-order valence-electron chi connectivity index (χ1n) is 6.92. The third-order valence-corrected chi connectivity index (χ3v) is 5.19. The maximum atomic E-state index is 12.0. The number of rotatable bonds is 6. The molecular weight excluding hydrogens is 334 g/mol. The summed E-state index contributed by atoms with van der Waals surface area (Å²) in [6.45, 7) is 1.92. The Bertz CT molecular complexity index is 817. The zero-order valence-electron chi connectivity index (χ0n) is 12.5. The van der Waals surface area contributed by atoms with E-state index in [1.165, 1.54) is 17.8 Å². The number of carboxylic acids is 1. The Balaban J connectivity index is 2.67. The highest BCUT2D eigenvalue weighted by molar-refractivity contribution is 7.99. The van der Waals surface area contributed by atoms with Gasteiger partial charge in [-0.1, -0.05) is 37.3 Å². The minimum Gasteiger partial charge on any atom is -0.478 e. The third-order valence-electron chi connectivity index (χ3n) is 3.25. The standard InChI is InChI=1S/C16H17NO4S2/c1-2-22-14-9-12(16(18)19)10-15(23(17,20)21)13(14)8-11-6-4-3-5-7-11/h3-7,9-10H,2,8H2,1H3,(H,18,19)(H2,17,20,21). The lowest BCUT2D eigenvalue weighted by molar-refractivity contribution is 0.0696. The zero-order chi connectivity index (χ0) is 17.0. The number of primary sulfonamides is 1. The molecule has 0 atom stereocenters. The molecule has 2 aromatic carbocycles. The summed E-state index contributed by atoms with van der Waals surface area (Å²) in [5.74, 6) is -0.492. The molecule has 0 aromatic heterocycles. The molecule has 0 aliphatic carbocycles. The quantitative estimate of drug-likeness (QED) is 0.780. The summed E-state index contributed by atoms with van der Waals surface area (Å²) in [7, 11) is -4.03. The van der Waals surface area contributed by atoms with Gasteiger partial charge in [0.2, 0.25) is 10.0 Å². The van der Waals surface area contributed by atoms with Gasteiger partial charge in [-0.15, -0.1) is 11.8 Å². The predicted octanol–water partition coefficient (Wildman–Crippen LogP) is 2.74. The highest BCUT2D eigenvalue weighted by Crippen LogP contribution is 2.31. The lowest BCUT2D eigenvalue weighted by Gasteiger charge is -2.14. The molecule has 0 aliphatic rings. The molecule has 3 N–H and O–H groups in total. The summed E-state index contributed by atoms with van der Waals surface area (Å²) < 4.78 is 23.9. The summed E-state index contributed by atoms with van der Waals surface area (Å²) >= 11 is 1.40. The molecule has 0 fully saturated rings. The molecule has 2 aromatic rings. The number of thioether (sulfide) groups is 1. The topological polar surface area (TPSA) is 97.5 Å². The number of hydrogen-bond acceptors (Lipinski definition) is 4. The molecule has 0 unspecified atom stereocenters. The van der Waals surface area contributed by atoms with Crippen molar-refractivity contribution in [3.05, 3.63) is 59.2 Å². The fourth-order valence-corrected chi connectivity index (χ4v) is 4.01. The van der Waals surface area contributed by atoms with E-state index < -0.39 is 16.0 Å². The highest BCUT2D eigenvalue weighted by Gasteiger charge is 2.21. The van der Waals surface area contributed by atoms with Crippen LogP contribution >= 0.6 is 11.8 Å². The second-order valence-corrected chi connectivity index (χ2v) is 7.73. The van der Waals surface area contributed by atoms with Crippen molar-refractivity contribution in [3.63, 3.8) is 0 Å². The molecule has 0 amide bonds. The Morgan fingerprint density at radius 3 is 2.39 bits per heavy atom. The van der Waals surface area contributed by atoms with Crippen molar-refractivity contribution in [2.45, 2.75) is 23.1 Å². The second-order valence-electron chi connectivity index (χ2n) is 4.90. The van der Waals surface area contributed by atoms with Crippen molar-refractivity contribution in [1.82, 2.24) is 0 Å². The maximum absolute atomic E-state index is 12.0. The minimum absolute atomic E-state index is 0.0817. The van der Waals surface area contributed by atoms with Crippen LogP contribution in [0, 0.1) is 0 Å². The Kier molecular flexibility index (Phi) is 5.46. The van der Waals surface area contributed by atoms with Gasteiger partial charge in [0, 0.05) is 4.90 Å². The van der Waals surface area contributed by atoms with E-state index in [0.29, 0.717) is 22.6 Å². The maximum Gasteiger partial charge on any atom is 0.335 e. The van der Waals surface area contributed by atoms with E-state index in [4.69, 9.17) is 5.14 Å². The fraction of sp³-hybridized carbons (Fsp3) is 0.188. The first kappa shape index (κ1) is 17.5. The summed E-state index contributed by atoms with van der Waals surface area (Å²) in [5.41, 5.74) is 1.38. The van der Waals surface area contributed by atoms with Crippen LogP contribution in [0.1, 0.15) is 28.4 Å². The van der Waals surface area contributed by atoms with Crippen LogP contribution in [-0.2, 0) is 16.4 Å². The van der Waals surface area contributed by atoms with Crippen LogP contribution < -0.4 is 5.14 Å². The van der Waals surface area contributed by atoms with Gasteiger partial charge in [-0.2, -0.15) is 0 Å². The van der Waals surface area contributed by atoms with E-state index in [2.05, 4.69) is 0 Å². The molecule has 0 heterocycles. The zero-order valence-corrected chi connectivity index (χ0v) is 14.2. The van der Waals surface area contributed by atoms with Gasteiger partial charge in [0.05, 0.1) is 10.5 Å². The Morgan fingerprint density at radius 2 is 1.87 bits per heavy atom. The van der Waals surface area contributed by atoms with Crippen LogP contribution in [0.2, 0.25) is 0 Å². The molecular formula is C16H17NO4S2. The average Bonchev–Trinajstić information content (AvgIpc) is 2.48. The van der Waals surface area contributed by atoms with Gasteiger partial charge in [0.15, 0.2) is 0 Å². The van der Waals surface area contributed by atoms with Crippen LogP contribution in [0.5, 0.6) is 0 Å². The molecule has 122 valence electrons. The van der Waals surface area contributed by atoms with E-state index >= 15 is 0 Å². The number of carboxylic acid groups (broad SMARTS) is 1. The number of nitrogens with two attached hydrogens (primary N) is 1. The van der Waals surface area contributed by atoms with Crippen molar-refractivity contribution in [2.75, 3.05) is 5.75 Å². The molecule has 0 aliphatic heterocycles. The van der Waals surface area contributed by atoms with Crippen LogP contribution in [0.25, 0.3) is 0 Å². The molecule has 23 heavy (non-hydrogen) atoms. The summed E-state index contributed by atoms with van der Waals surface area (Å²) in [5, 5.41) is 14.5. The number of sulfonamides is 1. The molecule has 0 spiro atoms. The number of benzene rings is 2.